The van der Waals surface area contributed by atoms with E-state index in [1.165, 1.54) is 5.69 Å². The number of para-hydroxylation sites is 2. The highest BCUT2D eigenvalue weighted by Gasteiger charge is 2.26. The minimum atomic E-state index is 0.0374. The smallest absolute Gasteiger partial charge is 0.254 e. The number of carbonyl (C=O) groups is 1. The van der Waals surface area contributed by atoms with Crippen LogP contribution in [-0.2, 0) is 16.1 Å². The van der Waals surface area contributed by atoms with Crippen LogP contribution in [0.4, 0.5) is 11.4 Å². The molecule has 0 N–H and O–H groups in total. The van der Waals surface area contributed by atoms with Gasteiger partial charge in [-0.15, -0.1) is 0 Å². The summed E-state index contributed by atoms with van der Waals surface area (Å²) in [6.45, 7) is 5.12. The van der Waals surface area contributed by atoms with Gasteiger partial charge in [0.25, 0.3) is 5.91 Å². The minimum absolute atomic E-state index is 0.0374. The van der Waals surface area contributed by atoms with Gasteiger partial charge in [0.1, 0.15) is 6.61 Å². The molecule has 0 spiro atoms. The number of ether oxygens (including phenoxy) is 1. The molecule has 0 atom stereocenters. The molecule has 5 heteroatoms. The van der Waals surface area contributed by atoms with Gasteiger partial charge in [-0.25, -0.2) is 0 Å². The Morgan fingerprint density at radius 1 is 0.840 bits per heavy atom. The summed E-state index contributed by atoms with van der Waals surface area (Å²) >= 11 is 0. The zero-order valence-electron chi connectivity index (χ0n) is 14.3. The highest BCUT2D eigenvalue weighted by Crippen LogP contribution is 2.25. The van der Waals surface area contributed by atoms with Crippen molar-refractivity contribution in [1.29, 1.82) is 0 Å². The fourth-order valence-corrected chi connectivity index (χ4v) is 3.50. The first kappa shape index (κ1) is 16.1. The Balaban J connectivity index is 1.43. The molecule has 1 saturated heterocycles. The molecule has 0 aliphatic carbocycles. The predicted octanol–water partition coefficient (Wildman–Crippen LogP) is 2.33. The Labute approximate surface area is 148 Å². The molecule has 0 bridgehead atoms. The van der Waals surface area contributed by atoms with E-state index in [1.54, 1.807) is 0 Å². The average molecular weight is 337 g/mol. The van der Waals surface area contributed by atoms with Crippen molar-refractivity contribution in [3.8, 4) is 0 Å². The molecular formula is C20H23N3O2. The van der Waals surface area contributed by atoms with E-state index in [0.717, 1.165) is 37.4 Å². The SMILES string of the molecule is O=C1COCc2ccccc2N1CN1CCN(c2ccccc2)CC1. The highest BCUT2D eigenvalue weighted by atomic mass is 16.5. The van der Waals surface area contributed by atoms with E-state index in [9.17, 15) is 4.79 Å². The first-order valence-corrected chi connectivity index (χ1v) is 8.79. The van der Waals surface area contributed by atoms with Gasteiger partial charge in [-0.3, -0.25) is 14.6 Å². The van der Waals surface area contributed by atoms with Crippen LogP contribution in [0.2, 0.25) is 0 Å². The van der Waals surface area contributed by atoms with Crippen LogP contribution in [0.1, 0.15) is 5.56 Å². The summed E-state index contributed by atoms with van der Waals surface area (Å²) in [4.78, 5) is 19.1. The maximum absolute atomic E-state index is 12.5. The lowest BCUT2D eigenvalue weighted by atomic mass is 10.1. The third-order valence-electron chi connectivity index (χ3n) is 4.90. The lowest BCUT2D eigenvalue weighted by Crippen LogP contribution is -2.51. The normalized spacial score (nSPS) is 18.8. The molecule has 2 aromatic carbocycles. The lowest BCUT2D eigenvalue weighted by Gasteiger charge is -2.38. The second-order valence-corrected chi connectivity index (χ2v) is 6.53. The number of carbonyl (C=O) groups excluding carboxylic acids is 1. The van der Waals surface area contributed by atoms with Crippen LogP contribution >= 0.6 is 0 Å². The number of nitrogens with zero attached hydrogens (tertiary/aromatic N) is 3. The highest BCUT2D eigenvalue weighted by molar-refractivity contribution is 5.95. The number of benzene rings is 2. The number of amides is 1. The topological polar surface area (TPSA) is 36.0 Å². The van der Waals surface area contributed by atoms with Crippen molar-refractivity contribution in [3.63, 3.8) is 0 Å². The van der Waals surface area contributed by atoms with Gasteiger partial charge in [-0.05, 0) is 18.2 Å². The molecule has 0 radical (unpaired) electrons. The molecule has 0 aromatic heterocycles. The zero-order chi connectivity index (χ0) is 17.1. The maximum Gasteiger partial charge on any atom is 0.254 e. The number of piperazine rings is 1. The van der Waals surface area contributed by atoms with Gasteiger partial charge in [0, 0.05) is 37.4 Å². The van der Waals surface area contributed by atoms with Crippen molar-refractivity contribution in [3.05, 3.63) is 60.2 Å². The Morgan fingerprint density at radius 2 is 1.56 bits per heavy atom. The summed E-state index contributed by atoms with van der Waals surface area (Å²) in [7, 11) is 0. The van der Waals surface area contributed by atoms with E-state index >= 15 is 0 Å². The zero-order valence-corrected chi connectivity index (χ0v) is 14.3. The number of fused-ring (bicyclic) bond motifs is 1. The molecule has 2 aliphatic heterocycles. The van der Waals surface area contributed by atoms with E-state index in [0.29, 0.717) is 13.3 Å². The molecule has 2 aliphatic rings. The number of rotatable bonds is 3. The molecular weight excluding hydrogens is 314 g/mol. The van der Waals surface area contributed by atoms with E-state index < -0.39 is 0 Å². The fourth-order valence-electron chi connectivity index (χ4n) is 3.50. The van der Waals surface area contributed by atoms with Gasteiger partial charge in [0.15, 0.2) is 0 Å². The summed E-state index contributed by atoms with van der Waals surface area (Å²) in [6, 6.07) is 18.5. The van der Waals surface area contributed by atoms with Crippen molar-refractivity contribution in [1.82, 2.24) is 4.90 Å². The standard InChI is InChI=1S/C20H23N3O2/c24-20-15-25-14-17-6-4-5-9-19(17)23(20)16-21-10-12-22(13-11-21)18-7-2-1-3-8-18/h1-9H,10-16H2. The van der Waals surface area contributed by atoms with Crippen molar-refractivity contribution in [2.24, 2.45) is 0 Å². The van der Waals surface area contributed by atoms with Gasteiger partial charge in [-0.1, -0.05) is 36.4 Å². The van der Waals surface area contributed by atoms with Crippen molar-refractivity contribution < 1.29 is 9.53 Å². The monoisotopic (exact) mass is 337 g/mol. The third kappa shape index (κ3) is 3.52. The van der Waals surface area contributed by atoms with Crippen LogP contribution in [0.3, 0.4) is 0 Å². The Morgan fingerprint density at radius 3 is 2.36 bits per heavy atom. The quantitative estimate of drug-likeness (QED) is 0.861. The van der Waals surface area contributed by atoms with Gasteiger partial charge < -0.3 is 9.64 Å². The summed E-state index contributed by atoms with van der Waals surface area (Å²) < 4.78 is 5.51. The van der Waals surface area contributed by atoms with Crippen molar-refractivity contribution >= 4 is 17.3 Å². The molecule has 1 fully saturated rings. The molecule has 2 aromatic rings. The molecule has 2 heterocycles. The van der Waals surface area contributed by atoms with Gasteiger partial charge in [-0.2, -0.15) is 0 Å². The molecule has 1 amide bonds. The second kappa shape index (κ2) is 7.25. The molecule has 0 saturated carbocycles. The first-order chi connectivity index (χ1) is 12.3. The second-order valence-electron chi connectivity index (χ2n) is 6.53. The van der Waals surface area contributed by atoms with Crippen LogP contribution in [-0.4, -0.2) is 50.3 Å². The van der Waals surface area contributed by atoms with Crippen molar-refractivity contribution in [2.45, 2.75) is 6.61 Å². The number of anilines is 2. The van der Waals surface area contributed by atoms with Gasteiger partial charge in [0.05, 0.1) is 19.0 Å². The van der Waals surface area contributed by atoms with Crippen LogP contribution in [0.15, 0.2) is 54.6 Å². The molecule has 25 heavy (non-hydrogen) atoms. The van der Waals surface area contributed by atoms with E-state index in [-0.39, 0.29) is 12.5 Å². The van der Waals surface area contributed by atoms with Crippen LogP contribution in [0.5, 0.6) is 0 Å². The average Bonchev–Trinajstić information content (AvgIpc) is 2.82. The first-order valence-electron chi connectivity index (χ1n) is 8.79. The summed E-state index contributed by atoms with van der Waals surface area (Å²) in [5, 5.41) is 0. The Hall–Kier alpha value is -2.37. The minimum Gasteiger partial charge on any atom is -0.369 e. The molecule has 0 unspecified atom stereocenters. The van der Waals surface area contributed by atoms with E-state index in [2.05, 4.69) is 34.1 Å². The van der Waals surface area contributed by atoms with Crippen molar-refractivity contribution in [2.75, 3.05) is 49.3 Å². The molecule has 130 valence electrons. The summed E-state index contributed by atoms with van der Waals surface area (Å²) in [6.07, 6.45) is 0. The fraction of sp³-hybridized carbons (Fsp3) is 0.350. The van der Waals surface area contributed by atoms with E-state index in [1.807, 2.05) is 35.2 Å². The number of hydrogen-bond acceptors (Lipinski definition) is 4. The van der Waals surface area contributed by atoms with Gasteiger partial charge >= 0.3 is 0 Å². The summed E-state index contributed by atoms with van der Waals surface area (Å²) in [5.41, 5.74) is 3.33. The largest absolute Gasteiger partial charge is 0.369 e. The molecule has 4 rings (SSSR count). The maximum atomic E-state index is 12.5. The van der Waals surface area contributed by atoms with E-state index in [4.69, 9.17) is 4.74 Å². The predicted molar refractivity (Wildman–Crippen MR) is 98.7 cm³/mol. The van der Waals surface area contributed by atoms with Crippen LogP contribution < -0.4 is 9.80 Å². The molecule has 5 nitrogen and oxygen atoms in total. The third-order valence-corrected chi connectivity index (χ3v) is 4.90. The Kier molecular flexibility index (Phi) is 4.68. The Bertz CT molecular complexity index is 727. The van der Waals surface area contributed by atoms with Gasteiger partial charge in [0.2, 0.25) is 0 Å². The van der Waals surface area contributed by atoms with Crippen LogP contribution in [0, 0.1) is 0 Å². The van der Waals surface area contributed by atoms with Crippen LogP contribution in [0.25, 0.3) is 0 Å². The number of hydrogen-bond donors (Lipinski definition) is 0. The lowest BCUT2D eigenvalue weighted by molar-refractivity contribution is -0.123. The summed E-state index contributed by atoms with van der Waals surface area (Å²) in [5.74, 6) is 0.0374.